The van der Waals surface area contributed by atoms with Crippen molar-refractivity contribution in [3.05, 3.63) is 65.0 Å². The molecular weight excluding hydrogens is 398 g/mol. The van der Waals surface area contributed by atoms with E-state index in [0.29, 0.717) is 0 Å². The van der Waals surface area contributed by atoms with Crippen LogP contribution in [0.3, 0.4) is 0 Å². The summed E-state index contributed by atoms with van der Waals surface area (Å²) in [6, 6.07) is 16.7. The van der Waals surface area contributed by atoms with Crippen LogP contribution in [-0.2, 0) is 11.3 Å². The van der Waals surface area contributed by atoms with Gasteiger partial charge in [0, 0.05) is 34.0 Å². The number of hydrogen-bond donors (Lipinski definition) is 1. The van der Waals surface area contributed by atoms with Crippen molar-refractivity contribution in [2.45, 2.75) is 24.3 Å². The molecule has 0 radical (unpaired) electrons. The molecule has 1 aromatic heterocycles. The number of carbonyl (C=O) groups is 1. The highest BCUT2D eigenvalue weighted by atomic mass is 32.2. The molecule has 150 valence electrons. The van der Waals surface area contributed by atoms with Gasteiger partial charge in [0.25, 0.3) is 0 Å². The molecule has 1 aliphatic rings. The molecule has 6 heteroatoms. The smallest absolute Gasteiger partial charge is 0.227 e. The van der Waals surface area contributed by atoms with Gasteiger partial charge in [-0.05, 0) is 62.0 Å². The quantitative estimate of drug-likeness (QED) is 0.541. The first-order valence-corrected chi connectivity index (χ1v) is 12.0. The number of thioether (sulfide) groups is 1. The summed E-state index contributed by atoms with van der Waals surface area (Å²) in [6.07, 6.45) is 3.90. The lowest BCUT2D eigenvalue weighted by molar-refractivity contribution is -0.121. The van der Waals surface area contributed by atoms with Gasteiger partial charge in [-0.1, -0.05) is 24.3 Å². The van der Waals surface area contributed by atoms with Crippen molar-refractivity contribution in [3.8, 4) is 11.3 Å². The second kappa shape index (κ2) is 9.57. The number of nitrogens with one attached hydrogen (secondary N) is 1. The highest BCUT2D eigenvalue weighted by Gasteiger charge is 2.25. The van der Waals surface area contributed by atoms with Crippen molar-refractivity contribution >= 4 is 34.7 Å². The number of carbonyl (C=O) groups excluding carboxylic acids is 1. The van der Waals surface area contributed by atoms with Crippen LogP contribution in [0.25, 0.3) is 11.3 Å². The Bertz CT molecular complexity index is 933. The van der Waals surface area contributed by atoms with Crippen LogP contribution in [0, 0.1) is 5.92 Å². The molecule has 0 bridgehead atoms. The second-order valence-electron chi connectivity index (χ2n) is 7.34. The Kier molecular flexibility index (Phi) is 6.64. The molecule has 0 aliphatic carbocycles. The fourth-order valence-electron chi connectivity index (χ4n) is 3.70. The van der Waals surface area contributed by atoms with Crippen molar-refractivity contribution in [1.29, 1.82) is 0 Å². The zero-order chi connectivity index (χ0) is 20.1. The molecule has 2 aromatic carbocycles. The minimum atomic E-state index is 0.0769. The van der Waals surface area contributed by atoms with E-state index in [-0.39, 0.29) is 11.8 Å². The van der Waals surface area contributed by atoms with E-state index in [0.717, 1.165) is 49.4 Å². The second-order valence-corrected chi connectivity index (χ2v) is 8.94. The van der Waals surface area contributed by atoms with Gasteiger partial charge < -0.3 is 5.32 Å². The molecule has 4 rings (SSSR count). The summed E-state index contributed by atoms with van der Waals surface area (Å²) >= 11 is 3.34. The Morgan fingerprint density at radius 3 is 2.69 bits per heavy atom. The monoisotopic (exact) mass is 423 g/mol. The SMILES string of the molecule is CSc1ccc(CN2CCC(C(=O)Nc3cccc(-c4cscn4)c3)CC2)cc1. The molecule has 29 heavy (non-hydrogen) atoms. The van der Waals surface area contributed by atoms with Crippen LogP contribution < -0.4 is 5.32 Å². The first-order valence-electron chi connectivity index (χ1n) is 9.86. The van der Waals surface area contributed by atoms with Gasteiger partial charge in [0.15, 0.2) is 0 Å². The lowest BCUT2D eigenvalue weighted by Crippen LogP contribution is -2.37. The van der Waals surface area contributed by atoms with Crippen LogP contribution in [0.5, 0.6) is 0 Å². The maximum Gasteiger partial charge on any atom is 0.227 e. The van der Waals surface area contributed by atoms with Crippen molar-refractivity contribution in [3.63, 3.8) is 0 Å². The molecule has 0 saturated carbocycles. The highest BCUT2D eigenvalue weighted by Crippen LogP contribution is 2.25. The minimum absolute atomic E-state index is 0.0769. The maximum absolute atomic E-state index is 12.8. The maximum atomic E-state index is 12.8. The van der Waals surface area contributed by atoms with E-state index in [1.165, 1.54) is 10.5 Å². The van der Waals surface area contributed by atoms with Gasteiger partial charge in [0.2, 0.25) is 5.91 Å². The summed E-state index contributed by atoms with van der Waals surface area (Å²) in [5.41, 5.74) is 5.99. The van der Waals surface area contributed by atoms with E-state index in [2.05, 4.69) is 45.7 Å². The van der Waals surface area contributed by atoms with Gasteiger partial charge in [0.05, 0.1) is 11.2 Å². The minimum Gasteiger partial charge on any atom is -0.326 e. The number of thiazole rings is 1. The van der Waals surface area contributed by atoms with Crippen LogP contribution in [0.4, 0.5) is 5.69 Å². The van der Waals surface area contributed by atoms with E-state index in [1.54, 1.807) is 23.1 Å². The zero-order valence-corrected chi connectivity index (χ0v) is 18.1. The normalized spacial score (nSPS) is 15.3. The number of rotatable bonds is 6. The summed E-state index contributed by atoms with van der Waals surface area (Å²) in [4.78, 5) is 20.8. The van der Waals surface area contributed by atoms with Crippen molar-refractivity contribution in [1.82, 2.24) is 9.88 Å². The third-order valence-corrected chi connectivity index (χ3v) is 6.71. The molecular formula is C23H25N3OS2. The predicted molar refractivity (Wildman–Crippen MR) is 122 cm³/mol. The number of benzene rings is 2. The average molecular weight is 424 g/mol. The summed E-state index contributed by atoms with van der Waals surface area (Å²) in [6.45, 7) is 2.88. The third-order valence-electron chi connectivity index (χ3n) is 5.38. The highest BCUT2D eigenvalue weighted by molar-refractivity contribution is 7.98. The van der Waals surface area contributed by atoms with Gasteiger partial charge in [0.1, 0.15) is 0 Å². The molecule has 1 aliphatic heterocycles. The molecule has 1 fully saturated rings. The number of aromatic nitrogens is 1. The summed E-state index contributed by atoms with van der Waals surface area (Å²) < 4.78 is 0. The summed E-state index contributed by atoms with van der Waals surface area (Å²) in [5, 5.41) is 5.13. The first kappa shape index (κ1) is 20.1. The van der Waals surface area contributed by atoms with Crippen LogP contribution >= 0.6 is 23.1 Å². The van der Waals surface area contributed by atoms with Crippen LogP contribution in [0.1, 0.15) is 18.4 Å². The van der Waals surface area contributed by atoms with Crippen LogP contribution in [0.15, 0.2) is 64.3 Å². The summed E-state index contributed by atoms with van der Waals surface area (Å²) in [7, 11) is 0. The van der Waals surface area contributed by atoms with Gasteiger partial charge in [-0.25, -0.2) is 4.98 Å². The lowest BCUT2D eigenvalue weighted by Gasteiger charge is -2.31. The molecule has 3 aromatic rings. The molecule has 0 spiro atoms. The first-order chi connectivity index (χ1) is 14.2. The Morgan fingerprint density at radius 2 is 2.00 bits per heavy atom. The fraction of sp³-hybridized carbons (Fsp3) is 0.304. The standard InChI is InChI=1S/C23H25N3OS2/c1-28-21-7-5-17(6-8-21)14-26-11-9-18(10-12-26)23(27)25-20-4-2-3-19(13-20)22-15-29-16-24-22/h2-8,13,15-16,18H,9-12,14H2,1H3,(H,25,27). The predicted octanol–water partition coefficient (Wildman–Crippen LogP) is 5.38. The van der Waals surface area contributed by atoms with E-state index < -0.39 is 0 Å². The Hall–Kier alpha value is -2.15. The molecule has 0 atom stereocenters. The number of amides is 1. The van der Waals surface area contributed by atoms with Gasteiger partial charge in [-0.2, -0.15) is 0 Å². The molecule has 1 amide bonds. The Balaban J connectivity index is 1.29. The molecule has 4 nitrogen and oxygen atoms in total. The van der Waals surface area contributed by atoms with Crippen molar-refractivity contribution in [2.75, 3.05) is 24.7 Å². The zero-order valence-electron chi connectivity index (χ0n) is 16.5. The average Bonchev–Trinajstić information content (AvgIpc) is 3.30. The van der Waals surface area contributed by atoms with Crippen LogP contribution in [-0.4, -0.2) is 35.1 Å². The molecule has 1 N–H and O–H groups in total. The Labute approximate surface area is 180 Å². The van der Waals surface area contributed by atoms with E-state index in [9.17, 15) is 4.79 Å². The topological polar surface area (TPSA) is 45.2 Å². The molecule has 2 heterocycles. The fourth-order valence-corrected chi connectivity index (χ4v) is 4.67. The van der Waals surface area contributed by atoms with Crippen LogP contribution in [0.2, 0.25) is 0 Å². The molecule has 0 unspecified atom stereocenters. The number of nitrogens with zero attached hydrogens (tertiary/aromatic N) is 2. The largest absolute Gasteiger partial charge is 0.326 e. The van der Waals surface area contributed by atoms with Gasteiger partial charge in [-0.3, -0.25) is 9.69 Å². The number of hydrogen-bond acceptors (Lipinski definition) is 5. The number of likely N-dealkylation sites (tertiary alicyclic amines) is 1. The van der Waals surface area contributed by atoms with E-state index in [1.807, 2.05) is 35.2 Å². The van der Waals surface area contributed by atoms with E-state index >= 15 is 0 Å². The molecule has 1 saturated heterocycles. The number of piperidine rings is 1. The lowest BCUT2D eigenvalue weighted by atomic mass is 9.95. The van der Waals surface area contributed by atoms with Crippen molar-refractivity contribution in [2.24, 2.45) is 5.92 Å². The van der Waals surface area contributed by atoms with Gasteiger partial charge >= 0.3 is 0 Å². The Morgan fingerprint density at radius 1 is 1.21 bits per heavy atom. The summed E-state index contributed by atoms with van der Waals surface area (Å²) in [5.74, 6) is 0.206. The third kappa shape index (κ3) is 5.26. The van der Waals surface area contributed by atoms with E-state index in [4.69, 9.17) is 0 Å². The van der Waals surface area contributed by atoms with Gasteiger partial charge in [-0.15, -0.1) is 23.1 Å². The van der Waals surface area contributed by atoms with Crippen molar-refractivity contribution < 1.29 is 4.79 Å². The number of anilines is 1.